The highest BCUT2D eigenvalue weighted by Crippen LogP contribution is 2.38. The highest BCUT2D eigenvalue weighted by atomic mass is 35.5. The zero-order chi connectivity index (χ0) is 21.7. The SMILES string of the molecule is O=C(O)CCOCCOCCNc1cc2c(=O)c(C(=O)O)cn(C3CC3)c2cc1Cl. The Morgan fingerprint density at radius 2 is 1.83 bits per heavy atom. The molecule has 162 valence electrons. The smallest absolute Gasteiger partial charge is 0.341 e. The first-order valence-electron chi connectivity index (χ1n) is 9.61. The normalized spacial score (nSPS) is 13.5. The van der Waals surface area contributed by atoms with Crippen LogP contribution in [0.3, 0.4) is 0 Å². The van der Waals surface area contributed by atoms with Crippen molar-refractivity contribution < 1.29 is 29.3 Å². The summed E-state index contributed by atoms with van der Waals surface area (Å²) < 4.78 is 12.3. The van der Waals surface area contributed by atoms with Crippen molar-refractivity contribution in [3.63, 3.8) is 0 Å². The van der Waals surface area contributed by atoms with Crippen molar-refractivity contribution in [2.45, 2.75) is 25.3 Å². The van der Waals surface area contributed by atoms with E-state index in [0.717, 1.165) is 12.8 Å². The van der Waals surface area contributed by atoms with E-state index in [1.807, 2.05) is 4.57 Å². The van der Waals surface area contributed by atoms with Crippen LogP contribution < -0.4 is 10.7 Å². The topological polar surface area (TPSA) is 127 Å². The van der Waals surface area contributed by atoms with Gasteiger partial charge in [-0.15, -0.1) is 0 Å². The molecule has 0 bridgehead atoms. The molecule has 9 nitrogen and oxygen atoms in total. The van der Waals surface area contributed by atoms with Gasteiger partial charge < -0.3 is 29.6 Å². The molecule has 1 aromatic heterocycles. The number of hydrogen-bond acceptors (Lipinski definition) is 6. The van der Waals surface area contributed by atoms with E-state index in [1.54, 1.807) is 12.1 Å². The largest absolute Gasteiger partial charge is 0.481 e. The number of aromatic carboxylic acids is 1. The van der Waals surface area contributed by atoms with E-state index < -0.39 is 17.4 Å². The van der Waals surface area contributed by atoms with Crippen molar-refractivity contribution in [3.8, 4) is 0 Å². The number of fused-ring (bicyclic) bond motifs is 1. The number of carboxylic acid groups (broad SMARTS) is 2. The fourth-order valence-corrected chi connectivity index (χ4v) is 3.28. The average Bonchev–Trinajstić information content (AvgIpc) is 3.52. The summed E-state index contributed by atoms with van der Waals surface area (Å²) in [7, 11) is 0. The number of ether oxygens (including phenoxy) is 2. The molecule has 0 saturated heterocycles. The number of aromatic nitrogens is 1. The highest BCUT2D eigenvalue weighted by Gasteiger charge is 2.27. The van der Waals surface area contributed by atoms with E-state index in [-0.39, 0.29) is 24.6 Å². The van der Waals surface area contributed by atoms with Crippen molar-refractivity contribution in [2.24, 2.45) is 0 Å². The number of halogens is 1. The maximum absolute atomic E-state index is 12.6. The Morgan fingerprint density at radius 3 is 2.47 bits per heavy atom. The number of nitrogens with one attached hydrogen (secondary N) is 1. The second-order valence-corrected chi connectivity index (χ2v) is 7.37. The molecular weight excluding hydrogens is 416 g/mol. The van der Waals surface area contributed by atoms with Gasteiger partial charge in [-0.2, -0.15) is 0 Å². The third-order valence-electron chi connectivity index (χ3n) is 4.69. The van der Waals surface area contributed by atoms with Crippen LogP contribution in [0.4, 0.5) is 5.69 Å². The molecule has 3 rings (SSSR count). The number of anilines is 1. The second-order valence-electron chi connectivity index (χ2n) is 6.96. The van der Waals surface area contributed by atoms with Crippen molar-refractivity contribution >= 4 is 40.1 Å². The first kappa shape index (κ1) is 22.1. The Morgan fingerprint density at radius 1 is 1.13 bits per heavy atom. The van der Waals surface area contributed by atoms with Crippen molar-refractivity contribution in [1.29, 1.82) is 0 Å². The van der Waals surface area contributed by atoms with Crippen LogP contribution in [0.1, 0.15) is 35.7 Å². The van der Waals surface area contributed by atoms with Crippen LogP contribution in [0.2, 0.25) is 5.02 Å². The first-order valence-corrected chi connectivity index (χ1v) is 9.99. The quantitative estimate of drug-likeness (QED) is 0.431. The van der Waals surface area contributed by atoms with E-state index in [9.17, 15) is 19.5 Å². The van der Waals surface area contributed by atoms with Gasteiger partial charge in [-0.05, 0) is 25.0 Å². The number of carboxylic acids is 2. The van der Waals surface area contributed by atoms with Crippen molar-refractivity contribution in [1.82, 2.24) is 4.57 Å². The summed E-state index contributed by atoms with van der Waals surface area (Å²) in [5, 5.41) is 21.7. The molecule has 2 aromatic rings. The van der Waals surface area contributed by atoms with E-state index in [1.165, 1.54) is 6.20 Å². The fraction of sp³-hybridized carbons (Fsp3) is 0.450. The molecule has 10 heteroatoms. The van der Waals surface area contributed by atoms with Gasteiger partial charge in [-0.25, -0.2) is 4.79 Å². The lowest BCUT2D eigenvalue weighted by atomic mass is 10.1. The van der Waals surface area contributed by atoms with Crippen LogP contribution >= 0.6 is 11.6 Å². The maximum Gasteiger partial charge on any atom is 0.341 e. The third kappa shape index (κ3) is 5.50. The lowest BCUT2D eigenvalue weighted by Gasteiger charge is -2.15. The molecule has 30 heavy (non-hydrogen) atoms. The zero-order valence-corrected chi connectivity index (χ0v) is 17.0. The number of carbonyl (C=O) groups is 2. The molecule has 1 aromatic carbocycles. The Labute approximate surface area is 177 Å². The third-order valence-corrected chi connectivity index (χ3v) is 5.00. The minimum Gasteiger partial charge on any atom is -0.481 e. The van der Waals surface area contributed by atoms with Crippen molar-refractivity contribution in [3.05, 3.63) is 39.1 Å². The van der Waals surface area contributed by atoms with Crippen LogP contribution in [0.15, 0.2) is 23.1 Å². The zero-order valence-electron chi connectivity index (χ0n) is 16.2. The number of hydrogen-bond donors (Lipinski definition) is 3. The van der Waals surface area contributed by atoms with Gasteiger partial charge in [0.05, 0.1) is 49.1 Å². The van der Waals surface area contributed by atoms with E-state index in [4.69, 9.17) is 26.2 Å². The monoisotopic (exact) mass is 438 g/mol. The Bertz CT molecular complexity index is 1000. The van der Waals surface area contributed by atoms with Gasteiger partial charge in [0.25, 0.3) is 0 Å². The second kappa shape index (κ2) is 9.92. The predicted octanol–water partition coefficient (Wildman–Crippen LogP) is 2.61. The maximum atomic E-state index is 12.6. The van der Waals surface area contributed by atoms with E-state index in [0.29, 0.717) is 48.0 Å². The molecule has 0 spiro atoms. The van der Waals surface area contributed by atoms with Gasteiger partial charge in [0.1, 0.15) is 5.56 Å². The van der Waals surface area contributed by atoms with Gasteiger partial charge in [0, 0.05) is 24.2 Å². The van der Waals surface area contributed by atoms with Crippen LogP contribution in [0.25, 0.3) is 10.9 Å². The number of rotatable bonds is 12. The molecular formula is C20H23ClN2O7. The van der Waals surface area contributed by atoms with Gasteiger partial charge >= 0.3 is 11.9 Å². The van der Waals surface area contributed by atoms with Gasteiger partial charge in [-0.3, -0.25) is 9.59 Å². The standard InChI is InChI=1S/C20H23ClN2O7/c21-15-10-17-13(19(26)14(20(27)28)11-23(17)12-1-2-12)9-16(15)22-4-6-30-8-7-29-5-3-18(24)25/h9-12,22H,1-8H2,(H,24,25)(H,27,28). The van der Waals surface area contributed by atoms with E-state index >= 15 is 0 Å². The van der Waals surface area contributed by atoms with Crippen molar-refractivity contribution in [2.75, 3.05) is 38.3 Å². The molecule has 0 unspecified atom stereocenters. The average molecular weight is 439 g/mol. The molecule has 0 aliphatic heterocycles. The molecule has 0 amide bonds. The minimum absolute atomic E-state index is 0.0476. The number of nitrogens with zero attached hydrogens (tertiary/aromatic N) is 1. The Hall–Kier alpha value is -2.62. The minimum atomic E-state index is -1.25. The molecule has 1 aliphatic carbocycles. The van der Waals surface area contributed by atoms with Gasteiger partial charge in [-0.1, -0.05) is 11.6 Å². The predicted molar refractivity (Wildman–Crippen MR) is 111 cm³/mol. The first-order chi connectivity index (χ1) is 14.4. The summed E-state index contributed by atoms with van der Waals surface area (Å²) in [6, 6.07) is 3.45. The Balaban J connectivity index is 1.62. The number of benzene rings is 1. The van der Waals surface area contributed by atoms with Crippen LogP contribution in [0, 0.1) is 0 Å². The number of pyridine rings is 1. The molecule has 1 fully saturated rings. The summed E-state index contributed by atoms with van der Waals surface area (Å²) in [6.45, 7) is 1.51. The summed E-state index contributed by atoms with van der Waals surface area (Å²) in [6.07, 6.45) is 3.23. The lowest BCUT2D eigenvalue weighted by Crippen LogP contribution is -2.19. The highest BCUT2D eigenvalue weighted by molar-refractivity contribution is 6.34. The van der Waals surface area contributed by atoms with Crippen LogP contribution in [0.5, 0.6) is 0 Å². The summed E-state index contributed by atoms with van der Waals surface area (Å²) in [5.74, 6) is -2.16. The molecule has 3 N–H and O–H groups in total. The molecule has 1 aliphatic rings. The molecule has 1 heterocycles. The summed E-state index contributed by atoms with van der Waals surface area (Å²) >= 11 is 6.37. The Kier molecular flexibility index (Phi) is 7.30. The number of aliphatic carboxylic acids is 1. The van der Waals surface area contributed by atoms with E-state index in [2.05, 4.69) is 5.32 Å². The van der Waals surface area contributed by atoms with Gasteiger partial charge in [0.2, 0.25) is 5.43 Å². The lowest BCUT2D eigenvalue weighted by molar-refractivity contribution is -0.138. The molecule has 0 radical (unpaired) electrons. The van der Waals surface area contributed by atoms with Crippen LogP contribution in [-0.4, -0.2) is 59.7 Å². The van der Waals surface area contributed by atoms with Crippen LogP contribution in [-0.2, 0) is 14.3 Å². The summed E-state index contributed by atoms with van der Waals surface area (Å²) in [5.41, 5.74) is 0.350. The summed E-state index contributed by atoms with van der Waals surface area (Å²) in [4.78, 5) is 34.5. The fourth-order valence-electron chi connectivity index (χ4n) is 3.05. The van der Waals surface area contributed by atoms with Gasteiger partial charge in [0.15, 0.2) is 0 Å². The molecule has 1 saturated carbocycles. The molecule has 0 atom stereocenters.